The molecule has 384 valence electrons. The number of allylic oxidation sites excluding steroid dienone is 1. The zero-order valence-electron chi connectivity index (χ0n) is 40.7. The highest BCUT2D eigenvalue weighted by atomic mass is 16.7. The Bertz CT molecular complexity index is 1150. The van der Waals surface area contributed by atoms with Gasteiger partial charge in [0, 0.05) is 6.42 Å². The minimum absolute atomic E-state index is 0.237. The maximum Gasteiger partial charge on any atom is 0.220 e. The Balaban J connectivity index is 1.84. The predicted octanol–water partition coefficient (Wildman–Crippen LogP) is 7.16. The SMILES string of the molecule is CCCCCCCCCCCCCCCCC/C=C/[C@@H](O)[C@H](CO[C@@H]1O[C@H](CO)[C@@H](O[C@@H]2O[C@H](CO)[C@H](O)C(O)C2O)C(O)C1O)NC(=O)CCCCCCCCCCCCCCCC. The third-order valence-electron chi connectivity index (χ3n) is 13.2. The highest BCUT2D eigenvalue weighted by molar-refractivity contribution is 5.76. The van der Waals surface area contributed by atoms with E-state index in [1.165, 1.54) is 148 Å². The standard InChI is InChI=1S/C51H97NO13/c1-3-5-7-9-11-13-15-17-19-20-21-22-24-26-28-30-32-34-40(55)39(52-43(56)35-33-31-29-27-25-23-18-16-14-12-10-8-6-4-2)38-62-50-48(61)46(59)49(42(37-54)64-50)65-51-47(60)45(58)44(57)41(36-53)63-51/h32,34,39-42,44-51,53-55,57-61H,3-31,33,35-38H2,1-2H3,(H,52,56)/b34-32+/t39-,40+,41+,42+,44-,45?,46?,47?,48?,49+,50+,51-/m0/s1. The largest absolute Gasteiger partial charge is 0.394 e. The maximum absolute atomic E-state index is 13.2. The zero-order chi connectivity index (χ0) is 47.5. The number of hydrogen-bond acceptors (Lipinski definition) is 13. The van der Waals surface area contributed by atoms with E-state index in [2.05, 4.69) is 19.2 Å². The van der Waals surface area contributed by atoms with Gasteiger partial charge in [-0.05, 0) is 19.3 Å². The quantitative estimate of drug-likeness (QED) is 0.0219. The van der Waals surface area contributed by atoms with Crippen LogP contribution >= 0.6 is 0 Å². The third-order valence-corrected chi connectivity index (χ3v) is 13.2. The van der Waals surface area contributed by atoms with Gasteiger partial charge in [0.25, 0.3) is 0 Å². The molecule has 4 unspecified atom stereocenters. The monoisotopic (exact) mass is 932 g/mol. The van der Waals surface area contributed by atoms with Gasteiger partial charge in [0.05, 0.1) is 32.0 Å². The Morgan fingerprint density at radius 1 is 0.538 bits per heavy atom. The molecule has 65 heavy (non-hydrogen) atoms. The summed E-state index contributed by atoms with van der Waals surface area (Å²) < 4.78 is 22.7. The number of carbonyl (C=O) groups is 1. The number of aliphatic hydroxyl groups excluding tert-OH is 8. The van der Waals surface area contributed by atoms with Crippen LogP contribution in [0, 0.1) is 0 Å². The second-order valence-electron chi connectivity index (χ2n) is 19.0. The number of ether oxygens (including phenoxy) is 4. The minimum Gasteiger partial charge on any atom is -0.394 e. The summed E-state index contributed by atoms with van der Waals surface area (Å²) in [6, 6.07) is -0.907. The molecule has 2 heterocycles. The lowest BCUT2D eigenvalue weighted by molar-refractivity contribution is -0.359. The fourth-order valence-corrected chi connectivity index (χ4v) is 8.88. The van der Waals surface area contributed by atoms with E-state index in [1.54, 1.807) is 6.08 Å². The summed E-state index contributed by atoms with van der Waals surface area (Å²) in [6.45, 7) is 2.80. The number of unbranched alkanes of at least 4 members (excludes halogenated alkanes) is 28. The molecule has 14 heteroatoms. The number of amides is 1. The Morgan fingerprint density at radius 2 is 0.954 bits per heavy atom. The molecule has 0 aromatic heterocycles. The number of aliphatic hydroxyl groups is 8. The molecule has 14 nitrogen and oxygen atoms in total. The van der Waals surface area contributed by atoms with E-state index >= 15 is 0 Å². The van der Waals surface area contributed by atoms with Crippen molar-refractivity contribution in [2.45, 2.75) is 286 Å². The van der Waals surface area contributed by atoms with Crippen molar-refractivity contribution in [2.75, 3.05) is 19.8 Å². The minimum atomic E-state index is -1.78. The van der Waals surface area contributed by atoms with E-state index < -0.39 is 86.8 Å². The van der Waals surface area contributed by atoms with Gasteiger partial charge in [-0.3, -0.25) is 4.79 Å². The molecule has 2 aliphatic rings. The molecule has 2 aliphatic heterocycles. The Morgan fingerprint density at radius 3 is 1.42 bits per heavy atom. The fraction of sp³-hybridized carbons (Fsp3) is 0.941. The summed E-state index contributed by atoms with van der Waals surface area (Å²) >= 11 is 0. The van der Waals surface area contributed by atoms with Crippen molar-refractivity contribution >= 4 is 5.91 Å². The van der Waals surface area contributed by atoms with E-state index in [0.717, 1.165) is 38.5 Å². The van der Waals surface area contributed by atoms with Gasteiger partial charge < -0.3 is 65.1 Å². The number of rotatable bonds is 41. The summed E-state index contributed by atoms with van der Waals surface area (Å²) in [6.07, 6.45) is 23.9. The summed E-state index contributed by atoms with van der Waals surface area (Å²) in [5.74, 6) is -0.237. The Hall–Kier alpha value is -1.27. The zero-order valence-corrected chi connectivity index (χ0v) is 40.7. The first kappa shape index (κ1) is 59.9. The molecule has 0 radical (unpaired) electrons. The van der Waals surface area contributed by atoms with E-state index in [4.69, 9.17) is 18.9 Å². The molecule has 0 bridgehead atoms. The normalized spacial score (nSPS) is 27.0. The molecule has 2 fully saturated rings. The van der Waals surface area contributed by atoms with Crippen molar-refractivity contribution in [3.63, 3.8) is 0 Å². The van der Waals surface area contributed by atoms with Crippen molar-refractivity contribution in [1.82, 2.24) is 5.32 Å². The summed E-state index contributed by atoms with van der Waals surface area (Å²) in [7, 11) is 0. The molecular formula is C51H97NO13. The van der Waals surface area contributed by atoms with E-state index in [0.29, 0.717) is 6.42 Å². The molecule has 1 amide bonds. The van der Waals surface area contributed by atoms with Gasteiger partial charge >= 0.3 is 0 Å². The van der Waals surface area contributed by atoms with E-state index in [-0.39, 0.29) is 18.9 Å². The van der Waals surface area contributed by atoms with Crippen molar-refractivity contribution < 1.29 is 64.6 Å². The first-order chi connectivity index (χ1) is 31.6. The molecule has 9 N–H and O–H groups in total. The van der Waals surface area contributed by atoms with Gasteiger partial charge in [0.15, 0.2) is 12.6 Å². The van der Waals surface area contributed by atoms with Gasteiger partial charge in [-0.2, -0.15) is 0 Å². The Labute approximate surface area is 393 Å². The Kier molecular flexibility index (Phi) is 35.5. The van der Waals surface area contributed by atoms with Gasteiger partial charge in [-0.25, -0.2) is 0 Å². The first-order valence-electron chi connectivity index (χ1n) is 26.4. The molecule has 0 aromatic carbocycles. The average Bonchev–Trinajstić information content (AvgIpc) is 3.30. The van der Waals surface area contributed by atoms with Crippen LogP contribution in [0.2, 0.25) is 0 Å². The van der Waals surface area contributed by atoms with Crippen LogP contribution in [0.4, 0.5) is 0 Å². The molecule has 0 aromatic rings. The smallest absolute Gasteiger partial charge is 0.220 e. The first-order valence-corrected chi connectivity index (χ1v) is 26.4. The topological polar surface area (TPSA) is 228 Å². The lowest BCUT2D eigenvalue weighted by atomic mass is 9.97. The summed E-state index contributed by atoms with van der Waals surface area (Å²) in [5.41, 5.74) is 0. The number of nitrogens with one attached hydrogen (secondary N) is 1. The van der Waals surface area contributed by atoms with E-state index in [9.17, 15) is 45.6 Å². The maximum atomic E-state index is 13.2. The van der Waals surface area contributed by atoms with Gasteiger partial charge in [0.2, 0.25) is 5.91 Å². The van der Waals surface area contributed by atoms with Crippen LogP contribution < -0.4 is 5.32 Å². The van der Waals surface area contributed by atoms with Crippen molar-refractivity contribution in [3.8, 4) is 0 Å². The predicted molar refractivity (Wildman–Crippen MR) is 254 cm³/mol. The molecule has 12 atom stereocenters. The second-order valence-corrected chi connectivity index (χ2v) is 19.0. The van der Waals surface area contributed by atoms with Crippen LogP contribution in [0.15, 0.2) is 12.2 Å². The van der Waals surface area contributed by atoms with Gasteiger partial charge in [-0.1, -0.05) is 199 Å². The van der Waals surface area contributed by atoms with Crippen molar-refractivity contribution in [3.05, 3.63) is 12.2 Å². The van der Waals surface area contributed by atoms with Gasteiger partial charge in [0.1, 0.15) is 48.8 Å². The van der Waals surface area contributed by atoms with Crippen LogP contribution in [0.5, 0.6) is 0 Å². The number of hydrogen-bond donors (Lipinski definition) is 9. The third kappa shape index (κ3) is 25.8. The van der Waals surface area contributed by atoms with Crippen LogP contribution in [0.1, 0.15) is 213 Å². The highest BCUT2D eigenvalue weighted by Crippen LogP contribution is 2.30. The second kappa shape index (κ2) is 38.6. The van der Waals surface area contributed by atoms with E-state index in [1.807, 2.05) is 6.08 Å². The number of carbonyl (C=O) groups excluding carboxylic acids is 1. The van der Waals surface area contributed by atoms with Crippen LogP contribution in [-0.2, 0) is 23.7 Å². The molecule has 0 aliphatic carbocycles. The van der Waals surface area contributed by atoms with Crippen LogP contribution in [0.3, 0.4) is 0 Å². The lowest BCUT2D eigenvalue weighted by Crippen LogP contribution is -2.65. The molecule has 0 saturated carbocycles. The lowest BCUT2D eigenvalue weighted by Gasteiger charge is -2.46. The highest BCUT2D eigenvalue weighted by Gasteiger charge is 2.51. The molecular weight excluding hydrogens is 835 g/mol. The average molecular weight is 932 g/mol. The van der Waals surface area contributed by atoms with Gasteiger partial charge in [-0.15, -0.1) is 0 Å². The van der Waals surface area contributed by atoms with Crippen LogP contribution in [0.25, 0.3) is 0 Å². The summed E-state index contributed by atoms with van der Waals surface area (Å²) in [4.78, 5) is 13.2. The van der Waals surface area contributed by atoms with Crippen molar-refractivity contribution in [1.29, 1.82) is 0 Å². The molecule has 0 spiro atoms. The van der Waals surface area contributed by atoms with Crippen molar-refractivity contribution in [2.24, 2.45) is 0 Å². The fourth-order valence-electron chi connectivity index (χ4n) is 8.88. The molecule has 2 saturated heterocycles. The molecule has 2 rings (SSSR count). The summed E-state index contributed by atoms with van der Waals surface area (Å²) in [5, 5.41) is 86.8. The van der Waals surface area contributed by atoms with Crippen LogP contribution in [-0.4, -0.2) is 140 Å².